The average Bonchev–Trinajstić information content (AvgIpc) is 2.27. The Morgan fingerprint density at radius 1 is 1.33 bits per heavy atom. The van der Waals surface area contributed by atoms with Crippen molar-refractivity contribution in [3.8, 4) is 5.75 Å². The lowest BCUT2D eigenvalue weighted by Gasteiger charge is -2.16. The quantitative estimate of drug-likeness (QED) is 0.822. The second-order valence-corrected chi connectivity index (χ2v) is 4.17. The minimum absolute atomic E-state index is 0.0682. The van der Waals surface area contributed by atoms with E-state index in [-0.39, 0.29) is 6.04 Å². The van der Waals surface area contributed by atoms with Crippen LogP contribution in [-0.2, 0) is 0 Å². The summed E-state index contributed by atoms with van der Waals surface area (Å²) in [7, 11) is 1.69. The number of nitrogens with two attached hydrogens (primary N) is 1. The first kappa shape index (κ1) is 12.1. The Kier molecular flexibility index (Phi) is 4.15. The first-order chi connectivity index (χ1) is 7.10. The van der Waals surface area contributed by atoms with Crippen molar-refractivity contribution in [3.05, 3.63) is 29.3 Å². The molecule has 0 spiro atoms. The van der Waals surface area contributed by atoms with Gasteiger partial charge in [-0.25, -0.2) is 0 Å². The smallest absolute Gasteiger partial charge is 0.123 e. The van der Waals surface area contributed by atoms with E-state index in [2.05, 4.69) is 32.9 Å². The van der Waals surface area contributed by atoms with Gasteiger partial charge in [-0.2, -0.15) is 0 Å². The number of benzene rings is 1. The minimum atomic E-state index is 0.0682. The van der Waals surface area contributed by atoms with Crippen LogP contribution in [0.5, 0.6) is 5.75 Å². The van der Waals surface area contributed by atoms with Gasteiger partial charge >= 0.3 is 0 Å². The summed E-state index contributed by atoms with van der Waals surface area (Å²) in [6.07, 6.45) is 0.928. The molecule has 0 aliphatic carbocycles. The average molecular weight is 207 g/mol. The maximum absolute atomic E-state index is 6.06. The molecule has 0 aromatic heterocycles. The third-order valence-electron chi connectivity index (χ3n) is 2.76. The van der Waals surface area contributed by atoms with Gasteiger partial charge in [0.2, 0.25) is 0 Å². The summed E-state index contributed by atoms with van der Waals surface area (Å²) in [5.74, 6) is 1.42. The molecule has 15 heavy (non-hydrogen) atoms. The molecule has 1 rings (SSSR count). The zero-order valence-electron chi connectivity index (χ0n) is 10.1. The summed E-state index contributed by atoms with van der Waals surface area (Å²) < 4.78 is 5.32. The van der Waals surface area contributed by atoms with Gasteiger partial charge in [-0.15, -0.1) is 0 Å². The van der Waals surface area contributed by atoms with E-state index >= 15 is 0 Å². The van der Waals surface area contributed by atoms with Gasteiger partial charge in [-0.1, -0.05) is 32.9 Å². The van der Waals surface area contributed by atoms with Crippen LogP contribution in [-0.4, -0.2) is 7.11 Å². The maximum atomic E-state index is 6.06. The largest absolute Gasteiger partial charge is 0.496 e. The lowest BCUT2D eigenvalue weighted by Crippen LogP contribution is -2.10. The molecular weight excluding hydrogens is 186 g/mol. The third-order valence-corrected chi connectivity index (χ3v) is 2.76. The van der Waals surface area contributed by atoms with E-state index < -0.39 is 0 Å². The highest BCUT2D eigenvalue weighted by molar-refractivity contribution is 5.40. The molecule has 0 heterocycles. The summed E-state index contributed by atoms with van der Waals surface area (Å²) >= 11 is 0. The molecule has 0 unspecified atom stereocenters. The number of ether oxygens (including phenoxy) is 1. The SMILES string of the molecule is CC[C@@H](N)c1cc(C(C)C)ccc1OC. The topological polar surface area (TPSA) is 35.2 Å². The van der Waals surface area contributed by atoms with E-state index in [4.69, 9.17) is 10.5 Å². The third kappa shape index (κ3) is 2.72. The molecule has 84 valence electrons. The van der Waals surface area contributed by atoms with Crippen molar-refractivity contribution >= 4 is 0 Å². The second kappa shape index (κ2) is 5.17. The molecule has 0 fully saturated rings. The molecule has 0 saturated heterocycles. The molecule has 0 radical (unpaired) electrons. The first-order valence-corrected chi connectivity index (χ1v) is 5.53. The Morgan fingerprint density at radius 3 is 2.47 bits per heavy atom. The van der Waals surface area contributed by atoms with Crippen molar-refractivity contribution in [2.75, 3.05) is 7.11 Å². The molecule has 0 saturated carbocycles. The molecule has 1 aromatic rings. The molecule has 2 heteroatoms. The highest BCUT2D eigenvalue weighted by Gasteiger charge is 2.11. The Labute approximate surface area is 92.4 Å². The van der Waals surface area contributed by atoms with Gasteiger partial charge in [-0.3, -0.25) is 0 Å². The Morgan fingerprint density at radius 2 is 2.00 bits per heavy atom. The van der Waals surface area contributed by atoms with Crippen LogP contribution in [0.25, 0.3) is 0 Å². The van der Waals surface area contributed by atoms with E-state index in [0.717, 1.165) is 17.7 Å². The van der Waals surface area contributed by atoms with E-state index in [1.807, 2.05) is 6.07 Å². The molecule has 0 bridgehead atoms. The lowest BCUT2D eigenvalue weighted by atomic mass is 9.96. The molecule has 1 atom stereocenters. The number of methoxy groups -OCH3 is 1. The van der Waals surface area contributed by atoms with Crippen LogP contribution in [0.4, 0.5) is 0 Å². The monoisotopic (exact) mass is 207 g/mol. The van der Waals surface area contributed by atoms with Gasteiger partial charge in [0.25, 0.3) is 0 Å². The van der Waals surface area contributed by atoms with Gasteiger partial charge in [0.1, 0.15) is 5.75 Å². The molecule has 1 aromatic carbocycles. The van der Waals surface area contributed by atoms with Crippen LogP contribution in [0, 0.1) is 0 Å². The van der Waals surface area contributed by atoms with Crippen LogP contribution >= 0.6 is 0 Å². The van der Waals surface area contributed by atoms with Crippen molar-refractivity contribution < 1.29 is 4.74 Å². The molecule has 0 aliphatic heterocycles. The van der Waals surface area contributed by atoms with E-state index in [1.165, 1.54) is 5.56 Å². The molecule has 2 nitrogen and oxygen atoms in total. The number of hydrogen-bond donors (Lipinski definition) is 1. The van der Waals surface area contributed by atoms with Crippen LogP contribution in [0.3, 0.4) is 0 Å². The van der Waals surface area contributed by atoms with Gasteiger partial charge in [0.05, 0.1) is 7.11 Å². The zero-order valence-corrected chi connectivity index (χ0v) is 10.1. The summed E-state index contributed by atoms with van der Waals surface area (Å²) in [5.41, 5.74) is 8.49. The summed E-state index contributed by atoms with van der Waals surface area (Å²) in [6, 6.07) is 6.35. The van der Waals surface area contributed by atoms with E-state index in [1.54, 1.807) is 7.11 Å². The van der Waals surface area contributed by atoms with Crippen LogP contribution in [0.15, 0.2) is 18.2 Å². The zero-order chi connectivity index (χ0) is 11.4. The fourth-order valence-electron chi connectivity index (χ4n) is 1.62. The Balaban J connectivity index is 3.13. The van der Waals surface area contributed by atoms with Crippen molar-refractivity contribution in [2.45, 2.75) is 39.2 Å². The highest BCUT2D eigenvalue weighted by atomic mass is 16.5. The molecule has 0 amide bonds. The summed E-state index contributed by atoms with van der Waals surface area (Å²) in [4.78, 5) is 0. The van der Waals surface area contributed by atoms with Crippen molar-refractivity contribution in [1.29, 1.82) is 0 Å². The van der Waals surface area contributed by atoms with Crippen LogP contribution in [0.2, 0.25) is 0 Å². The standard InChI is InChI=1S/C13H21NO/c1-5-12(14)11-8-10(9(2)3)6-7-13(11)15-4/h6-9,12H,5,14H2,1-4H3/t12-/m1/s1. The van der Waals surface area contributed by atoms with Gasteiger partial charge in [0, 0.05) is 11.6 Å². The summed E-state index contributed by atoms with van der Waals surface area (Å²) in [6.45, 7) is 6.46. The fraction of sp³-hybridized carbons (Fsp3) is 0.538. The Bertz CT molecular complexity index is 320. The second-order valence-electron chi connectivity index (χ2n) is 4.17. The van der Waals surface area contributed by atoms with Crippen LogP contribution < -0.4 is 10.5 Å². The van der Waals surface area contributed by atoms with Crippen molar-refractivity contribution in [1.82, 2.24) is 0 Å². The predicted molar refractivity (Wildman–Crippen MR) is 64.3 cm³/mol. The van der Waals surface area contributed by atoms with E-state index in [0.29, 0.717) is 5.92 Å². The number of rotatable bonds is 4. The maximum Gasteiger partial charge on any atom is 0.123 e. The van der Waals surface area contributed by atoms with E-state index in [9.17, 15) is 0 Å². The van der Waals surface area contributed by atoms with Gasteiger partial charge in [0.15, 0.2) is 0 Å². The van der Waals surface area contributed by atoms with Crippen molar-refractivity contribution in [3.63, 3.8) is 0 Å². The molecular formula is C13H21NO. The normalized spacial score (nSPS) is 12.9. The minimum Gasteiger partial charge on any atom is -0.496 e. The predicted octanol–water partition coefficient (Wildman–Crippen LogP) is 3.23. The first-order valence-electron chi connectivity index (χ1n) is 5.53. The van der Waals surface area contributed by atoms with Gasteiger partial charge < -0.3 is 10.5 Å². The van der Waals surface area contributed by atoms with Crippen molar-refractivity contribution in [2.24, 2.45) is 5.73 Å². The summed E-state index contributed by atoms with van der Waals surface area (Å²) in [5, 5.41) is 0. The molecule has 0 aliphatic rings. The lowest BCUT2D eigenvalue weighted by molar-refractivity contribution is 0.404. The number of hydrogen-bond acceptors (Lipinski definition) is 2. The van der Waals surface area contributed by atoms with Crippen LogP contribution in [0.1, 0.15) is 50.3 Å². The fourth-order valence-corrected chi connectivity index (χ4v) is 1.62. The Hall–Kier alpha value is -1.02. The van der Waals surface area contributed by atoms with Gasteiger partial charge in [-0.05, 0) is 24.0 Å². The highest BCUT2D eigenvalue weighted by Crippen LogP contribution is 2.29. The molecule has 2 N–H and O–H groups in total.